The lowest BCUT2D eigenvalue weighted by Gasteiger charge is -2.46. The Kier molecular flexibility index (Phi) is 9.24. The molecular weight excluding hydrogens is 488 g/mol. The average Bonchev–Trinajstić information content (AvgIpc) is 2.88. The van der Waals surface area contributed by atoms with Crippen LogP contribution in [0.3, 0.4) is 0 Å². The molecule has 0 spiro atoms. The summed E-state index contributed by atoms with van der Waals surface area (Å²) in [5, 5.41) is -1.35. The number of ether oxygens (including phenoxy) is 5. The van der Waals surface area contributed by atoms with Crippen molar-refractivity contribution in [1.29, 1.82) is 0 Å². The third-order valence-corrected chi connectivity index (χ3v) is 8.70. The van der Waals surface area contributed by atoms with E-state index >= 15 is 0 Å². The third kappa shape index (κ3) is 5.78. The molecule has 196 valence electrons. The first-order valence-corrected chi connectivity index (χ1v) is 13.0. The maximum absolute atomic E-state index is 14.0. The monoisotopic (exact) mass is 520 g/mol. The summed E-state index contributed by atoms with van der Waals surface area (Å²) >= 11 is 0. The number of rotatable bonds is 9. The minimum absolute atomic E-state index is 0.0321. The number of methoxy groups -OCH3 is 3. The summed E-state index contributed by atoms with van der Waals surface area (Å²) in [5.41, 5.74) is 1.68. The highest BCUT2D eigenvalue weighted by Gasteiger charge is 2.58. The SMILES string of the molecule is COC(=O)C(C(=O)OC)[C@@H]1[C@@H](OCc2ccccc2)[C@@H](OC)O[C@H](C)[C@H]1S(=O)(=O)c1ccc(C)cc1. The fraction of sp³-hybridized carbons (Fsp3) is 0.462. The molecule has 1 aliphatic heterocycles. The van der Waals surface area contributed by atoms with E-state index in [1.54, 1.807) is 19.1 Å². The minimum Gasteiger partial charge on any atom is -0.468 e. The number of sulfone groups is 1. The van der Waals surface area contributed by atoms with Gasteiger partial charge in [0.1, 0.15) is 6.10 Å². The van der Waals surface area contributed by atoms with Crippen molar-refractivity contribution < 1.29 is 41.7 Å². The number of hydrogen-bond donors (Lipinski definition) is 0. The summed E-state index contributed by atoms with van der Waals surface area (Å²) in [6.07, 6.45) is -3.14. The fourth-order valence-electron chi connectivity index (χ4n) is 4.58. The Hall–Kier alpha value is -2.79. The van der Waals surface area contributed by atoms with Crippen LogP contribution in [0.5, 0.6) is 0 Å². The summed E-state index contributed by atoms with van der Waals surface area (Å²) in [5.74, 6) is -4.72. The van der Waals surface area contributed by atoms with Gasteiger partial charge >= 0.3 is 11.9 Å². The molecule has 1 aliphatic rings. The number of hydrogen-bond acceptors (Lipinski definition) is 9. The maximum atomic E-state index is 14.0. The quantitative estimate of drug-likeness (QED) is 0.364. The Labute approximate surface area is 211 Å². The molecule has 0 bridgehead atoms. The first-order valence-electron chi connectivity index (χ1n) is 11.5. The Morgan fingerprint density at radius 1 is 0.944 bits per heavy atom. The van der Waals surface area contributed by atoms with E-state index in [1.807, 2.05) is 37.3 Å². The van der Waals surface area contributed by atoms with Crippen LogP contribution in [0.4, 0.5) is 0 Å². The summed E-state index contributed by atoms with van der Waals surface area (Å²) in [6.45, 7) is 3.47. The Balaban J connectivity index is 2.16. The van der Waals surface area contributed by atoms with Crippen LogP contribution < -0.4 is 0 Å². The van der Waals surface area contributed by atoms with Crippen molar-refractivity contribution in [2.24, 2.45) is 11.8 Å². The van der Waals surface area contributed by atoms with Gasteiger partial charge in [-0.05, 0) is 31.5 Å². The molecule has 5 atom stereocenters. The standard InChI is InChI=1S/C26H32O9S/c1-16-11-13-19(14-12-16)36(29,30)23-17(2)35-26(33-5)22(34-15-18-9-7-6-8-10-18)20(23)21(24(27)31-3)25(28)32-4/h6-14,17,20-23,26H,15H2,1-5H3/t17-,20-,22-,23-,26+/m1/s1. The second-order valence-corrected chi connectivity index (χ2v) is 10.7. The Bertz CT molecular complexity index is 1120. The molecule has 0 aromatic heterocycles. The molecule has 36 heavy (non-hydrogen) atoms. The predicted octanol–water partition coefficient (Wildman–Crippen LogP) is 2.69. The van der Waals surface area contributed by atoms with E-state index in [2.05, 4.69) is 0 Å². The van der Waals surface area contributed by atoms with E-state index in [0.717, 1.165) is 25.3 Å². The smallest absolute Gasteiger partial charge is 0.320 e. The van der Waals surface area contributed by atoms with E-state index in [9.17, 15) is 18.0 Å². The molecule has 2 aromatic rings. The van der Waals surface area contributed by atoms with E-state index in [4.69, 9.17) is 23.7 Å². The molecule has 10 heteroatoms. The molecule has 0 unspecified atom stereocenters. The van der Waals surface area contributed by atoms with Crippen LogP contribution in [0.25, 0.3) is 0 Å². The average molecular weight is 521 g/mol. The second kappa shape index (κ2) is 12.0. The predicted molar refractivity (Wildman–Crippen MR) is 130 cm³/mol. The van der Waals surface area contributed by atoms with Crippen molar-refractivity contribution in [3.05, 3.63) is 65.7 Å². The zero-order chi connectivity index (χ0) is 26.5. The number of esters is 2. The highest BCUT2D eigenvalue weighted by Crippen LogP contribution is 2.41. The van der Waals surface area contributed by atoms with Gasteiger partial charge in [-0.3, -0.25) is 9.59 Å². The van der Waals surface area contributed by atoms with Crippen molar-refractivity contribution in [2.45, 2.75) is 49.1 Å². The van der Waals surface area contributed by atoms with E-state index < -0.39 is 57.4 Å². The normalized spacial score (nSPS) is 24.3. The lowest BCUT2D eigenvalue weighted by molar-refractivity contribution is -0.262. The molecule has 1 heterocycles. The van der Waals surface area contributed by atoms with Gasteiger partial charge in [-0.1, -0.05) is 48.0 Å². The molecule has 0 saturated carbocycles. The lowest BCUT2D eigenvalue weighted by atomic mass is 9.80. The molecule has 1 saturated heterocycles. The minimum atomic E-state index is -4.13. The van der Waals surface area contributed by atoms with Gasteiger partial charge in [-0.2, -0.15) is 0 Å². The molecule has 2 aromatic carbocycles. The van der Waals surface area contributed by atoms with Crippen molar-refractivity contribution in [1.82, 2.24) is 0 Å². The molecule has 0 radical (unpaired) electrons. The number of carbonyl (C=O) groups excluding carboxylic acids is 2. The molecule has 0 amide bonds. The van der Waals surface area contributed by atoms with Gasteiger partial charge in [0.15, 0.2) is 22.0 Å². The zero-order valence-corrected chi connectivity index (χ0v) is 21.8. The Morgan fingerprint density at radius 2 is 1.53 bits per heavy atom. The second-order valence-electron chi connectivity index (χ2n) is 8.63. The highest BCUT2D eigenvalue weighted by atomic mass is 32.2. The van der Waals surface area contributed by atoms with Gasteiger partial charge in [0.25, 0.3) is 0 Å². The third-order valence-electron chi connectivity index (χ3n) is 6.36. The van der Waals surface area contributed by atoms with Crippen LogP contribution in [-0.4, -0.2) is 65.4 Å². The van der Waals surface area contributed by atoms with Gasteiger partial charge in [0.2, 0.25) is 0 Å². The topological polar surface area (TPSA) is 114 Å². The van der Waals surface area contributed by atoms with Crippen molar-refractivity contribution >= 4 is 21.8 Å². The highest BCUT2D eigenvalue weighted by molar-refractivity contribution is 7.92. The van der Waals surface area contributed by atoms with Crippen LogP contribution in [0, 0.1) is 18.8 Å². The van der Waals surface area contributed by atoms with Crippen molar-refractivity contribution in [3.63, 3.8) is 0 Å². The van der Waals surface area contributed by atoms with Gasteiger partial charge in [0, 0.05) is 13.0 Å². The molecular formula is C26H32O9S. The van der Waals surface area contributed by atoms with E-state index in [-0.39, 0.29) is 11.5 Å². The van der Waals surface area contributed by atoms with Gasteiger partial charge < -0.3 is 23.7 Å². The van der Waals surface area contributed by atoms with E-state index in [0.29, 0.717) is 0 Å². The van der Waals surface area contributed by atoms with Crippen molar-refractivity contribution in [2.75, 3.05) is 21.3 Å². The fourth-order valence-corrected chi connectivity index (χ4v) is 6.71. The lowest BCUT2D eigenvalue weighted by Crippen LogP contribution is -2.61. The largest absolute Gasteiger partial charge is 0.468 e. The van der Waals surface area contributed by atoms with Crippen LogP contribution in [0.2, 0.25) is 0 Å². The summed E-state index contributed by atoms with van der Waals surface area (Å²) in [7, 11) is -0.501. The van der Waals surface area contributed by atoms with Gasteiger partial charge in [0.05, 0.1) is 37.1 Å². The maximum Gasteiger partial charge on any atom is 0.320 e. The van der Waals surface area contributed by atoms with Crippen LogP contribution in [-0.2, 0) is 49.7 Å². The van der Waals surface area contributed by atoms with Gasteiger partial charge in [-0.15, -0.1) is 0 Å². The van der Waals surface area contributed by atoms with Crippen LogP contribution in [0.1, 0.15) is 18.1 Å². The van der Waals surface area contributed by atoms with Crippen LogP contribution >= 0.6 is 0 Å². The Morgan fingerprint density at radius 3 is 2.06 bits per heavy atom. The first-order chi connectivity index (χ1) is 17.1. The first kappa shape index (κ1) is 27.8. The van der Waals surface area contributed by atoms with Crippen molar-refractivity contribution in [3.8, 4) is 0 Å². The molecule has 0 N–H and O–H groups in total. The summed E-state index contributed by atoms with van der Waals surface area (Å²) in [4.78, 5) is 25.9. The summed E-state index contributed by atoms with van der Waals surface area (Å²) < 4.78 is 55.4. The number of carbonyl (C=O) groups is 2. The molecule has 1 fully saturated rings. The molecule has 0 aliphatic carbocycles. The van der Waals surface area contributed by atoms with E-state index in [1.165, 1.54) is 19.2 Å². The molecule has 9 nitrogen and oxygen atoms in total. The zero-order valence-electron chi connectivity index (χ0n) is 20.9. The molecule has 3 rings (SSSR count). The number of benzene rings is 2. The van der Waals surface area contributed by atoms with Crippen LogP contribution in [0.15, 0.2) is 59.5 Å². The number of aryl methyl sites for hydroxylation is 1. The summed E-state index contributed by atoms with van der Waals surface area (Å²) in [6, 6.07) is 15.5. The van der Waals surface area contributed by atoms with Gasteiger partial charge in [-0.25, -0.2) is 8.42 Å².